The van der Waals surface area contributed by atoms with Crippen LogP contribution in [0.15, 0.2) is 53.3 Å². The number of aromatic nitrogens is 3. The lowest BCUT2D eigenvalue weighted by Crippen LogP contribution is -2.35. The summed E-state index contributed by atoms with van der Waals surface area (Å²) in [6.45, 7) is -0.494. The normalized spacial score (nSPS) is 14.9. The van der Waals surface area contributed by atoms with E-state index in [9.17, 15) is 19.5 Å². The molecule has 0 saturated heterocycles. The van der Waals surface area contributed by atoms with Gasteiger partial charge in [-0.3, -0.25) is 19.3 Å². The minimum atomic E-state index is -1.14. The van der Waals surface area contributed by atoms with Gasteiger partial charge in [0.15, 0.2) is 5.82 Å². The summed E-state index contributed by atoms with van der Waals surface area (Å²) in [6, 6.07) is 14.0. The van der Waals surface area contributed by atoms with Crippen molar-refractivity contribution in [2.24, 2.45) is 0 Å². The van der Waals surface area contributed by atoms with Crippen LogP contribution < -0.4 is 19.7 Å². The smallest absolute Gasteiger partial charge is 0.323 e. The largest absolute Gasteiger partial charge is 0.496 e. The third-order valence-corrected chi connectivity index (χ3v) is 5.98. The van der Waals surface area contributed by atoms with E-state index in [1.165, 1.54) is 7.11 Å². The molecular formula is C21H14N4O5S. The first-order valence-electron chi connectivity index (χ1n) is 9.20. The number of hydrogen-bond acceptors (Lipinski definition) is 7. The number of carboxylic acids is 1. The van der Waals surface area contributed by atoms with Gasteiger partial charge in [-0.15, -0.1) is 5.10 Å². The van der Waals surface area contributed by atoms with Crippen LogP contribution in [0.4, 0.5) is 5.69 Å². The van der Waals surface area contributed by atoms with Crippen molar-refractivity contribution in [2.75, 3.05) is 18.6 Å². The Morgan fingerprint density at radius 1 is 1.10 bits per heavy atom. The number of carbonyl (C=O) groups is 2. The zero-order valence-corrected chi connectivity index (χ0v) is 16.9. The van der Waals surface area contributed by atoms with Crippen molar-refractivity contribution in [1.29, 1.82) is 0 Å². The van der Waals surface area contributed by atoms with Gasteiger partial charge in [0.1, 0.15) is 16.8 Å². The van der Waals surface area contributed by atoms with Crippen molar-refractivity contribution in [3.63, 3.8) is 0 Å². The first kappa shape index (κ1) is 18.9. The minimum Gasteiger partial charge on any atom is -0.496 e. The van der Waals surface area contributed by atoms with Crippen LogP contribution in [-0.4, -0.2) is 45.2 Å². The molecule has 0 atom stereocenters. The summed E-state index contributed by atoms with van der Waals surface area (Å²) in [4.78, 5) is 43.4. The first-order valence-corrected chi connectivity index (χ1v) is 10.0. The van der Waals surface area contributed by atoms with Crippen molar-refractivity contribution in [3.05, 3.63) is 69.0 Å². The van der Waals surface area contributed by atoms with Gasteiger partial charge >= 0.3 is 5.97 Å². The molecule has 1 N–H and O–H groups in total. The number of rotatable bonds is 4. The van der Waals surface area contributed by atoms with Crippen LogP contribution in [0, 0.1) is 0 Å². The number of aliphatic carboxylic acids is 1. The zero-order valence-electron chi connectivity index (χ0n) is 16.1. The second-order valence-electron chi connectivity index (χ2n) is 6.74. The fourth-order valence-electron chi connectivity index (χ4n) is 3.62. The lowest BCUT2D eigenvalue weighted by Gasteiger charge is -2.13. The molecule has 154 valence electrons. The van der Waals surface area contributed by atoms with Gasteiger partial charge < -0.3 is 9.84 Å². The predicted octanol–water partition coefficient (Wildman–Crippen LogP) is 1.18. The maximum absolute atomic E-state index is 13.1. The molecule has 0 radical (unpaired) electrons. The fraction of sp³-hybridized carbons (Fsp3) is 0.0952. The summed E-state index contributed by atoms with van der Waals surface area (Å²) < 4.78 is 6.67. The quantitative estimate of drug-likeness (QED) is 0.513. The van der Waals surface area contributed by atoms with Crippen LogP contribution in [0.5, 0.6) is 5.75 Å². The molecule has 4 aromatic rings. The van der Waals surface area contributed by atoms with Crippen LogP contribution in [0.3, 0.4) is 0 Å². The SMILES string of the molecule is COc1ccccc1-c1nc2s/c(=C3\C(=O)N(CC(=O)O)c4ccccc43)c(=O)n2n1. The molecule has 31 heavy (non-hydrogen) atoms. The number of anilines is 1. The van der Waals surface area contributed by atoms with E-state index in [1.54, 1.807) is 36.4 Å². The summed E-state index contributed by atoms with van der Waals surface area (Å²) in [5.41, 5.74) is 1.30. The van der Waals surface area contributed by atoms with Gasteiger partial charge in [0.25, 0.3) is 11.5 Å². The number of benzene rings is 2. The predicted molar refractivity (Wildman–Crippen MR) is 113 cm³/mol. The average Bonchev–Trinajstić information content (AvgIpc) is 3.39. The maximum Gasteiger partial charge on any atom is 0.323 e. The molecular weight excluding hydrogens is 420 g/mol. The van der Waals surface area contributed by atoms with E-state index in [1.807, 2.05) is 12.1 Å². The Balaban J connectivity index is 1.72. The highest BCUT2D eigenvalue weighted by molar-refractivity contribution is 7.15. The van der Waals surface area contributed by atoms with Gasteiger partial charge in [0.2, 0.25) is 4.96 Å². The van der Waals surface area contributed by atoms with Crippen molar-refractivity contribution >= 4 is 39.4 Å². The summed E-state index contributed by atoms with van der Waals surface area (Å²) in [6.07, 6.45) is 0. The molecule has 0 bridgehead atoms. The molecule has 0 spiro atoms. The van der Waals surface area contributed by atoms with E-state index in [-0.39, 0.29) is 10.1 Å². The summed E-state index contributed by atoms with van der Waals surface area (Å²) >= 11 is 1.04. The van der Waals surface area contributed by atoms with Crippen LogP contribution in [-0.2, 0) is 9.59 Å². The Hall–Kier alpha value is -4.05. The molecule has 0 unspecified atom stereocenters. The minimum absolute atomic E-state index is 0.165. The number of nitrogens with zero attached hydrogens (tertiary/aromatic N) is 4. The highest BCUT2D eigenvalue weighted by atomic mass is 32.1. The van der Waals surface area contributed by atoms with Gasteiger partial charge in [0.05, 0.1) is 23.9 Å². The number of thiazole rings is 1. The summed E-state index contributed by atoms with van der Waals surface area (Å²) in [7, 11) is 1.54. The monoisotopic (exact) mass is 434 g/mol. The number of hydrogen-bond donors (Lipinski definition) is 1. The van der Waals surface area contributed by atoms with Crippen molar-refractivity contribution in [1.82, 2.24) is 14.6 Å². The maximum atomic E-state index is 13.1. The molecule has 0 aliphatic carbocycles. The molecule has 1 aliphatic heterocycles. The van der Waals surface area contributed by atoms with E-state index in [0.29, 0.717) is 33.3 Å². The van der Waals surface area contributed by atoms with Gasteiger partial charge in [-0.2, -0.15) is 9.50 Å². The summed E-state index contributed by atoms with van der Waals surface area (Å²) in [5, 5.41) is 13.5. The fourth-order valence-corrected chi connectivity index (χ4v) is 4.62. The lowest BCUT2D eigenvalue weighted by molar-refractivity contribution is -0.136. The average molecular weight is 434 g/mol. The van der Waals surface area contributed by atoms with Crippen molar-refractivity contribution in [3.8, 4) is 17.1 Å². The molecule has 5 rings (SSSR count). The molecule has 9 nitrogen and oxygen atoms in total. The molecule has 10 heteroatoms. The topological polar surface area (TPSA) is 114 Å². The Kier molecular flexibility index (Phi) is 4.29. The second kappa shape index (κ2) is 7.03. The van der Waals surface area contributed by atoms with E-state index >= 15 is 0 Å². The van der Waals surface area contributed by atoms with E-state index in [0.717, 1.165) is 20.8 Å². The molecule has 0 fully saturated rings. The standard InChI is InChI=1S/C21H14N4O5S/c1-30-14-9-5-3-7-12(14)18-22-21-25(23-18)20(29)17(31-21)16-11-6-2-4-8-13(11)24(19(16)28)10-15(26)27/h2-9H,10H2,1H3,(H,26,27)/b17-16-. The lowest BCUT2D eigenvalue weighted by atomic mass is 10.1. The number of amides is 1. The third kappa shape index (κ3) is 2.88. The number of para-hydroxylation sites is 2. The van der Waals surface area contributed by atoms with Gasteiger partial charge in [-0.1, -0.05) is 41.7 Å². The Morgan fingerprint density at radius 3 is 2.52 bits per heavy atom. The highest BCUT2D eigenvalue weighted by Crippen LogP contribution is 2.35. The van der Waals surface area contributed by atoms with Crippen LogP contribution in [0.1, 0.15) is 5.56 Å². The third-order valence-electron chi connectivity index (χ3n) is 4.95. The van der Waals surface area contributed by atoms with Gasteiger partial charge in [-0.05, 0) is 18.2 Å². The molecule has 0 saturated carbocycles. The molecule has 1 amide bonds. The van der Waals surface area contributed by atoms with Crippen molar-refractivity contribution in [2.45, 2.75) is 0 Å². The van der Waals surface area contributed by atoms with E-state index in [2.05, 4.69) is 10.1 Å². The van der Waals surface area contributed by atoms with E-state index in [4.69, 9.17) is 4.74 Å². The zero-order chi connectivity index (χ0) is 21.7. The van der Waals surface area contributed by atoms with Crippen LogP contribution in [0.25, 0.3) is 21.9 Å². The highest BCUT2D eigenvalue weighted by Gasteiger charge is 2.35. The van der Waals surface area contributed by atoms with Gasteiger partial charge in [-0.25, -0.2) is 0 Å². The molecule has 3 heterocycles. The second-order valence-corrected chi connectivity index (χ2v) is 7.72. The Labute approximate surface area is 178 Å². The van der Waals surface area contributed by atoms with Gasteiger partial charge in [0, 0.05) is 5.56 Å². The number of ether oxygens (including phenoxy) is 1. The summed E-state index contributed by atoms with van der Waals surface area (Å²) in [5.74, 6) is -0.763. The Morgan fingerprint density at radius 2 is 1.81 bits per heavy atom. The Bertz CT molecular complexity index is 1490. The number of carbonyl (C=O) groups excluding carboxylic acids is 1. The number of fused-ring (bicyclic) bond motifs is 2. The van der Waals surface area contributed by atoms with E-state index < -0.39 is 24.0 Å². The molecule has 2 aromatic heterocycles. The number of methoxy groups -OCH3 is 1. The molecule has 1 aliphatic rings. The van der Waals surface area contributed by atoms with Crippen molar-refractivity contribution < 1.29 is 19.4 Å². The van der Waals surface area contributed by atoms with Crippen LogP contribution in [0.2, 0.25) is 0 Å². The molecule has 2 aromatic carbocycles. The van der Waals surface area contributed by atoms with Crippen LogP contribution >= 0.6 is 11.3 Å². The first-order chi connectivity index (χ1) is 15.0. The number of carboxylic acid groups (broad SMARTS) is 1.